The molecule has 4 N–H and O–H groups in total. The molecule has 1 rings (SSSR count). The Balaban J connectivity index is 3.00. The summed E-state index contributed by atoms with van der Waals surface area (Å²) >= 11 is 0. The summed E-state index contributed by atoms with van der Waals surface area (Å²) in [5, 5.41) is 19.9. The van der Waals surface area contributed by atoms with Gasteiger partial charge in [0.25, 0.3) is 0 Å². The fourth-order valence-electron chi connectivity index (χ4n) is 2.40. The van der Waals surface area contributed by atoms with Crippen molar-refractivity contribution in [3.05, 3.63) is 29.8 Å². The molecule has 2 unspecified atom stereocenters. The first-order valence-corrected chi connectivity index (χ1v) is 6.28. The minimum atomic E-state index is -0.750. The Hall–Kier alpha value is -1.06. The summed E-state index contributed by atoms with van der Waals surface area (Å²) < 4.78 is 0. The SMILES string of the molecule is CCCC(O)(CC)C(CN)c1ccc(O)cc1. The molecule has 3 nitrogen and oxygen atoms in total. The van der Waals surface area contributed by atoms with Gasteiger partial charge in [-0.05, 0) is 30.5 Å². The van der Waals surface area contributed by atoms with E-state index in [1.54, 1.807) is 12.1 Å². The van der Waals surface area contributed by atoms with E-state index in [4.69, 9.17) is 5.73 Å². The Bertz CT molecular complexity index is 337. The van der Waals surface area contributed by atoms with Gasteiger partial charge >= 0.3 is 0 Å². The predicted octanol–water partition coefficient (Wildman–Crippen LogP) is 2.38. The topological polar surface area (TPSA) is 66.5 Å². The molecule has 0 radical (unpaired) electrons. The lowest BCUT2D eigenvalue weighted by molar-refractivity contribution is 0.00140. The molecular formula is C14H23NO2. The highest BCUT2D eigenvalue weighted by Gasteiger charge is 2.34. The quantitative estimate of drug-likeness (QED) is 0.711. The molecule has 0 aliphatic carbocycles. The largest absolute Gasteiger partial charge is 0.508 e. The number of nitrogens with two attached hydrogens (primary N) is 1. The van der Waals surface area contributed by atoms with E-state index in [9.17, 15) is 10.2 Å². The molecule has 2 atom stereocenters. The fraction of sp³-hybridized carbons (Fsp3) is 0.571. The van der Waals surface area contributed by atoms with Crippen molar-refractivity contribution in [2.75, 3.05) is 6.54 Å². The monoisotopic (exact) mass is 237 g/mol. The van der Waals surface area contributed by atoms with Gasteiger partial charge in [0.15, 0.2) is 0 Å². The van der Waals surface area contributed by atoms with Crippen molar-refractivity contribution >= 4 is 0 Å². The van der Waals surface area contributed by atoms with Crippen molar-refractivity contribution < 1.29 is 10.2 Å². The molecule has 0 aliphatic rings. The van der Waals surface area contributed by atoms with Crippen molar-refractivity contribution in [3.63, 3.8) is 0 Å². The van der Waals surface area contributed by atoms with Gasteiger partial charge < -0.3 is 15.9 Å². The van der Waals surface area contributed by atoms with E-state index in [0.29, 0.717) is 13.0 Å². The fourth-order valence-corrected chi connectivity index (χ4v) is 2.40. The molecule has 1 aromatic rings. The lowest BCUT2D eigenvalue weighted by Crippen LogP contribution is -2.39. The number of hydrogen-bond donors (Lipinski definition) is 3. The average Bonchev–Trinajstić information content (AvgIpc) is 2.33. The molecule has 0 spiro atoms. The first kappa shape index (κ1) is 14.0. The first-order valence-electron chi connectivity index (χ1n) is 6.28. The zero-order chi connectivity index (χ0) is 12.9. The molecular weight excluding hydrogens is 214 g/mol. The van der Waals surface area contributed by atoms with E-state index >= 15 is 0 Å². The number of phenolic OH excluding ortho intramolecular Hbond substituents is 1. The van der Waals surface area contributed by atoms with Gasteiger partial charge in [0.05, 0.1) is 5.60 Å². The zero-order valence-corrected chi connectivity index (χ0v) is 10.7. The highest BCUT2D eigenvalue weighted by Crippen LogP contribution is 2.34. The Morgan fingerprint density at radius 1 is 1.24 bits per heavy atom. The maximum Gasteiger partial charge on any atom is 0.115 e. The summed E-state index contributed by atoms with van der Waals surface area (Å²) in [5.74, 6) is 0.160. The maximum atomic E-state index is 10.7. The molecule has 0 saturated carbocycles. The van der Waals surface area contributed by atoms with E-state index in [2.05, 4.69) is 6.92 Å². The number of aromatic hydroxyl groups is 1. The molecule has 0 bridgehead atoms. The summed E-state index contributed by atoms with van der Waals surface area (Å²) in [6, 6.07) is 6.95. The van der Waals surface area contributed by atoms with Gasteiger partial charge in [-0.3, -0.25) is 0 Å². The van der Waals surface area contributed by atoms with Crippen LogP contribution < -0.4 is 5.73 Å². The van der Waals surface area contributed by atoms with Crippen molar-refractivity contribution in [3.8, 4) is 5.75 Å². The summed E-state index contributed by atoms with van der Waals surface area (Å²) in [4.78, 5) is 0. The summed E-state index contributed by atoms with van der Waals surface area (Å²) in [5.41, 5.74) is 6.05. The predicted molar refractivity (Wildman–Crippen MR) is 70.1 cm³/mol. The van der Waals surface area contributed by atoms with E-state index in [1.165, 1.54) is 0 Å². The second-order valence-electron chi connectivity index (χ2n) is 4.59. The van der Waals surface area contributed by atoms with Crippen LogP contribution in [0.15, 0.2) is 24.3 Å². The van der Waals surface area contributed by atoms with Crippen molar-refractivity contribution in [2.24, 2.45) is 5.73 Å². The lowest BCUT2D eigenvalue weighted by Gasteiger charge is -2.35. The van der Waals surface area contributed by atoms with Crippen LogP contribution in [0.25, 0.3) is 0 Å². The second kappa shape index (κ2) is 6.03. The Kier molecular flexibility index (Phi) is 4.97. The summed E-state index contributed by atoms with van der Waals surface area (Å²) in [6.07, 6.45) is 2.36. The molecule has 1 aromatic carbocycles. The molecule has 0 saturated heterocycles. The average molecular weight is 237 g/mol. The number of phenols is 1. The summed E-state index contributed by atoms with van der Waals surface area (Å²) in [6.45, 7) is 4.46. The third-order valence-electron chi connectivity index (χ3n) is 3.47. The van der Waals surface area contributed by atoms with Gasteiger partial charge in [-0.2, -0.15) is 0 Å². The van der Waals surface area contributed by atoms with Gasteiger partial charge in [-0.15, -0.1) is 0 Å². The van der Waals surface area contributed by atoms with Crippen molar-refractivity contribution in [1.82, 2.24) is 0 Å². The smallest absolute Gasteiger partial charge is 0.115 e. The highest BCUT2D eigenvalue weighted by atomic mass is 16.3. The van der Waals surface area contributed by atoms with Gasteiger partial charge in [0.2, 0.25) is 0 Å². The van der Waals surface area contributed by atoms with Crippen LogP contribution in [0.5, 0.6) is 5.75 Å². The van der Waals surface area contributed by atoms with Crippen molar-refractivity contribution in [1.29, 1.82) is 0 Å². The third-order valence-corrected chi connectivity index (χ3v) is 3.47. The molecule has 0 aromatic heterocycles. The van der Waals surface area contributed by atoms with Crippen molar-refractivity contribution in [2.45, 2.75) is 44.6 Å². The van der Waals surface area contributed by atoms with Crippen LogP contribution in [-0.4, -0.2) is 22.4 Å². The van der Waals surface area contributed by atoms with E-state index < -0.39 is 5.60 Å². The molecule has 17 heavy (non-hydrogen) atoms. The molecule has 0 aliphatic heterocycles. The van der Waals surface area contributed by atoms with Crippen LogP contribution in [0.3, 0.4) is 0 Å². The zero-order valence-electron chi connectivity index (χ0n) is 10.7. The number of aliphatic hydroxyl groups is 1. The molecule has 0 heterocycles. The van der Waals surface area contributed by atoms with E-state index in [0.717, 1.165) is 18.4 Å². The van der Waals surface area contributed by atoms with Gasteiger partial charge in [-0.25, -0.2) is 0 Å². The molecule has 0 amide bonds. The van der Waals surface area contributed by atoms with E-state index in [-0.39, 0.29) is 11.7 Å². The van der Waals surface area contributed by atoms with E-state index in [1.807, 2.05) is 19.1 Å². The van der Waals surface area contributed by atoms with Gasteiger partial charge in [0.1, 0.15) is 5.75 Å². The highest BCUT2D eigenvalue weighted by molar-refractivity contribution is 5.30. The standard InChI is InChI=1S/C14H23NO2/c1-3-9-14(17,4-2)13(10-15)11-5-7-12(16)8-6-11/h5-8,13,16-17H,3-4,9-10,15H2,1-2H3. The molecule has 3 heteroatoms. The summed E-state index contributed by atoms with van der Waals surface area (Å²) in [7, 11) is 0. The van der Waals surface area contributed by atoms with Crippen LogP contribution in [-0.2, 0) is 0 Å². The Morgan fingerprint density at radius 3 is 2.24 bits per heavy atom. The molecule has 96 valence electrons. The minimum Gasteiger partial charge on any atom is -0.508 e. The van der Waals surface area contributed by atoms with Crippen LogP contribution >= 0.6 is 0 Å². The second-order valence-corrected chi connectivity index (χ2v) is 4.59. The van der Waals surface area contributed by atoms with Crippen LogP contribution in [0, 0.1) is 0 Å². The van der Waals surface area contributed by atoms with Crippen LogP contribution in [0.1, 0.15) is 44.6 Å². The Labute approximate surface area is 103 Å². The minimum absolute atomic E-state index is 0.0759. The maximum absolute atomic E-state index is 10.7. The molecule has 0 fully saturated rings. The number of hydrogen-bond acceptors (Lipinski definition) is 3. The van der Waals surface area contributed by atoms with Gasteiger partial charge in [0, 0.05) is 12.5 Å². The van der Waals surface area contributed by atoms with Gasteiger partial charge in [-0.1, -0.05) is 32.4 Å². The van der Waals surface area contributed by atoms with Crippen LogP contribution in [0.2, 0.25) is 0 Å². The number of rotatable bonds is 6. The number of benzene rings is 1. The lowest BCUT2D eigenvalue weighted by atomic mass is 9.77. The normalized spacial score (nSPS) is 16.5. The Morgan fingerprint density at radius 2 is 1.82 bits per heavy atom. The first-order chi connectivity index (χ1) is 8.07. The van der Waals surface area contributed by atoms with Crippen LogP contribution in [0.4, 0.5) is 0 Å². The third kappa shape index (κ3) is 3.20.